The number of nitrogens with two attached hydrogens (primary N) is 1. The number of fused-ring (bicyclic) bond motifs is 1. The highest BCUT2D eigenvalue weighted by molar-refractivity contribution is 7.99. The number of aromatic amines is 1. The van der Waals surface area contributed by atoms with E-state index in [0.29, 0.717) is 21.6 Å². The minimum absolute atomic E-state index is 0.212. The smallest absolute Gasteiger partial charge is 0.251 e. The standard InChI is InChI=1S/C10H8N6OS/c11-6-5-16-4-3-12-8(16)9(14-6)18-10-13-2-1-7(17)15-10/h1-5H,11H2,(H,13,15,17). The summed E-state index contributed by atoms with van der Waals surface area (Å²) in [5.41, 5.74) is 6.16. The molecular weight excluding hydrogens is 252 g/mol. The van der Waals surface area contributed by atoms with E-state index in [2.05, 4.69) is 19.9 Å². The van der Waals surface area contributed by atoms with Crippen molar-refractivity contribution in [2.45, 2.75) is 10.2 Å². The first kappa shape index (κ1) is 10.8. The highest BCUT2D eigenvalue weighted by atomic mass is 32.2. The zero-order valence-electron chi connectivity index (χ0n) is 9.07. The Balaban J connectivity index is 2.09. The van der Waals surface area contributed by atoms with Crippen LogP contribution in [-0.4, -0.2) is 24.3 Å². The molecule has 0 aliphatic rings. The Hall–Kier alpha value is -2.35. The lowest BCUT2D eigenvalue weighted by molar-refractivity contribution is 0.930. The molecule has 7 nitrogen and oxygen atoms in total. The van der Waals surface area contributed by atoms with Gasteiger partial charge in [0.1, 0.15) is 10.8 Å². The number of imidazole rings is 1. The van der Waals surface area contributed by atoms with E-state index in [-0.39, 0.29) is 5.56 Å². The lowest BCUT2D eigenvalue weighted by Crippen LogP contribution is -2.05. The molecule has 0 amide bonds. The van der Waals surface area contributed by atoms with Crippen LogP contribution in [0.4, 0.5) is 5.82 Å². The van der Waals surface area contributed by atoms with Crippen LogP contribution in [0.25, 0.3) is 5.65 Å². The van der Waals surface area contributed by atoms with Gasteiger partial charge in [-0.05, 0) is 11.8 Å². The fourth-order valence-corrected chi connectivity index (χ4v) is 2.33. The molecule has 3 N–H and O–H groups in total. The Morgan fingerprint density at radius 3 is 3.06 bits per heavy atom. The molecule has 0 saturated carbocycles. The number of anilines is 1. The zero-order chi connectivity index (χ0) is 12.5. The van der Waals surface area contributed by atoms with E-state index in [1.807, 2.05) is 0 Å². The lowest BCUT2D eigenvalue weighted by atomic mass is 10.6. The molecule has 0 aliphatic heterocycles. The van der Waals surface area contributed by atoms with Crippen LogP contribution in [0.3, 0.4) is 0 Å². The van der Waals surface area contributed by atoms with Crippen LogP contribution in [-0.2, 0) is 0 Å². The van der Waals surface area contributed by atoms with E-state index in [1.54, 1.807) is 23.0 Å². The largest absolute Gasteiger partial charge is 0.382 e. The number of H-pyrrole nitrogens is 1. The Morgan fingerprint density at radius 2 is 2.22 bits per heavy atom. The molecule has 0 bridgehead atoms. The SMILES string of the molecule is Nc1cn2ccnc2c(Sc2nccc(=O)[nH]2)n1. The second kappa shape index (κ2) is 4.15. The number of nitrogen functional groups attached to an aromatic ring is 1. The third-order valence-corrected chi connectivity index (χ3v) is 3.07. The molecule has 8 heteroatoms. The van der Waals surface area contributed by atoms with Crippen molar-refractivity contribution < 1.29 is 0 Å². The molecule has 90 valence electrons. The van der Waals surface area contributed by atoms with Crippen LogP contribution >= 0.6 is 11.8 Å². The van der Waals surface area contributed by atoms with E-state index in [0.717, 1.165) is 0 Å². The third-order valence-electron chi connectivity index (χ3n) is 2.20. The number of aromatic nitrogens is 5. The average Bonchev–Trinajstić information content (AvgIpc) is 2.77. The van der Waals surface area contributed by atoms with Crippen LogP contribution in [0.5, 0.6) is 0 Å². The highest BCUT2D eigenvalue weighted by Crippen LogP contribution is 2.25. The average molecular weight is 260 g/mol. The third kappa shape index (κ3) is 1.93. The lowest BCUT2D eigenvalue weighted by Gasteiger charge is -2.03. The van der Waals surface area contributed by atoms with Crippen molar-refractivity contribution in [3.63, 3.8) is 0 Å². The van der Waals surface area contributed by atoms with Crippen molar-refractivity contribution in [1.82, 2.24) is 24.3 Å². The van der Waals surface area contributed by atoms with Crippen molar-refractivity contribution >= 4 is 23.2 Å². The molecule has 0 radical (unpaired) electrons. The molecule has 3 heterocycles. The van der Waals surface area contributed by atoms with Crippen molar-refractivity contribution in [2.75, 3.05) is 5.73 Å². The molecule has 0 spiro atoms. The Bertz CT molecular complexity index is 764. The van der Waals surface area contributed by atoms with Crippen molar-refractivity contribution in [2.24, 2.45) is 0 Å². The van der Waals surface area contributed by atoms with Gasteiger partial charge < -0.3 is 15.1 Å². The van der Waals surface area contributed by atoms with Crippen LogP contribution in [0, 0.1) is 0 Å². The number of rotatable bonds is 2. The molecule has 3 aromatic rings. The second-order valence-corrected chi connectivity index (χ2v) is 4.45. The Labute approximate surface area is 105 Å². The number of hydrogen-bond donors (Lipinski definition) is 2. The normalized spacial score (nSPS) is 10.9. The first-order chi connectivity index (χ1) is 8.72. The molecule has 0 unspecified atom stereocenters. The van der Waals surface area contributed by atoms with E-state index in [4.69, 9.17) is 5.73 Å². The zero-order valence-corrected chi connectivity index (χ0v) is 9.89. The molecular formula is C10H8N6OS. The fraction of sp³-hybridized carbons (Fsp3) is 0. The maximum absolute atomic E-state index is 11.2. The van der Waals surface area contributed by atoms with E-state index >= 15 is 0 Å². The molecule has 0 aliphatic carbocycles. The van der Waals surface area contributed by atoms with Crippen LogP contribution < -0.4 is 11.3 Å². The van der Waals surface area contributed by atoms with E-state index < -0.39 is 0 Å². The van der Waals surface area contributed by atoms with Gasteiger partial charge in [0.2, 0.25) is 0 Å². The summed E-state index contributed by atoms with van der Waals surface area (Å²) in [6.45, 7) is 0. The molecule has 0 aromatic carbocycles. The predicted octanol–water partition coefficient (Wildman–Crippen LogP) is 0.546. The fourth-order valence-electron chi connectivity index (χ4n) is 1.49. The number of hydrogen-bond acceptors (Lipinski definition) is 6. The number of nitrogens with one attached hydrogen (secondary N) is 1. The Kier molecular flexibility index (Phi) is 2.49. The molecule has 0 saturated heterocycles. The van der Waals surface area contributed by atoms with Crippen molar-refractivity contribution in [3.8, 4) is 0 Å². The molecule has 0 atom stereocenters. The van der Waals surface area contributed by atoms with Crippen LogP contribution in [0.15, 0.2) is 45.8 Å². The summed E-state index contributed by atoms with van der Waals surface area (Å²) in [6, 6.07) is 1.35. The Morgan fingerprint density at radius 1 is 1.33 bits per heavy atom. The van der Waals surface area contributed by atoms with Crippen LogP contribution in [0.2, 0.25) is 0 Å². The molecule has 0 fully saturated rings. The summed E-state index contributed by atoms with van der Waals surface area (Å²) in [6.07, 6.45) is 6.55. The van der Waals surface area contributed by atoms with E-state index in [9.17, 15) is 4.79 Å². The van der Waals surface area contributed by atoms with Gasteiger partial charge in [-0.25, -0.2) is 15.0 Å². The van der Waals surface area contributed by atoms with Gasteiger partial charge in [0, 0.05) is 24.7 Å². The molecule has 3 aromatic heterocycles. The van der Waals surface area contributed by atoms with E-state index in [1.165, 1.54) is 24.0 Å². The first-order valence-electron chi connectivity index (χ1n) is 5.05. The minimum Gasteiger partial charge on any atom is -0.382 e. The summed E-state index contributed by atoms with van der Waals surface area (Å²) in [7, 11) is 0. The predicted molar refractivity (Wildman–Crippen MR) is 66.4 cm³/mol. The first-order valence-corrected chi connectivity index (χ1v) is 5.86. The van der Waals surface area contributed by atoms with Crippen LogP contribution in [0.1, 0.15) is 0 Å². The summed E-state index contributed by atoms with van der Waals surface area (Å²) < 4.78 is 1.77. The van der Waals surface area contributed by atoms with Gasteiger partial charge in [-0.1, -0.05) is 0 Å². The van der Waals surface area contributed by atoms with Crippen molar-refractivity contribution in [3.05, 3.63) is 41.2 Å². The van der Waals surface area contributed by atoms with Gasteiger partial charge in [0.05, 0.1) is 6.20 Å². The maximum Gasteiger partial charge on any atom is 0.251 e. The highest BCUT2D eigenvalue weighted by Gasteiger charge is 2.09. The quantitative estimate of drug-likeness (QED) is 0.652. The summed E-state index contributed by atoms with van der Waals surface area (Å²) in [4.78, 5) is 26.2. The van der Waals surface area contributed by atoms with Gasteiger partial charge in [-0.3, -0.25) is 4.79 Å². The summed E-state index contributed by atoms with van der Waals surface area (Å²) in [5, 5.41) is 1.04. The number of nitrogens with zero attached hydrogens (tertiary/aromatic N) is 4. The molecule has 18 heavy (non-hydrogen) atoms. The molecule has 3 rings (SSSR count). The van der Waals surface area contributed by atoms with Crippen molar-refractivity contribution in [1.29, 1.82) is 0 Å². The van der Waals surface area contributed by atoms with Gasteiger partial charge in [-0.2, -0.15) is 0 Å². The summed E-state index contributed by atoms with van der Waals surface area (Å²) in [5.74, 6) is 0.376. The topological polar surface area (TPSA) is 102 Å². The summed E-state index contributed by atoms with van der Waals surface area (Å²) >= 11 is 1.21. The minimum atomic E-state index is -0.212. The maximum atomic E-state index is 11.2. The second-order valence-electron chi connectivity index (χ2n) is 3.47. The monoisotopic (exact) mass is 260 g/mol. The van der Waals surface area contributed by atoms with Gasteiger partial charge in [0.25, 0.3) is 5.56 Å². The van der Waals surface area contributed by atoms with Gasteiger partial charge in [-0.15, -0.1) is 0 Å². The van der Waals surface area contributed by atoms with Gasteiger partial charge in [0.15, 0.2) is 10.8 Å². The van der Waals surface area contributed by atoms with Gasteiger partial charge >= 0.3 is 0 Å².